The SMILES string of the molecule is CCCCCCCOC(=O)C(C)NC(=O)C1CCCCC1. The van der Waals surface area contributed by atoms with Gasteiger partial charge in [0.25, 0.3) is 0 Å². The normalized spacial score (nSPS) is 17.2. The highest BCUT2D eigenvalue weighted by atomic mass is 16.5. The number of hydrogen-bond donors (Lipinski definition) is 1. The van der Waals surface area contributed by atoms with Gasteiger partial charge in [-0.2, -0.15) is 0 Å². The van der Waals surface area contributed by atoms with E-state index < -0.39 is 6.04 Å². The highest BCUT2D eigenvalue weighted by Crippen LogP contribution is 2.23. The zero-order valence-electron chi connectivity index (χ0n) is 13.7. The maximum absolute atomic E-state index is 12.0. The van der Waals surface area contributed by atoms with Gasteiger partial charge < -0.3 is 10.1 Å². The number of carbonyl (C=O) groups is 2. The zero-order valence-corrected chi connectivity index (χ0v) is 13.7. The van der Waals surface area contributed by atoms with Crippen LogP contribution in [0.3, 0.4) is 0 Å². The molecule has 1 rings (SSSR count). The molecule has 0 aromatic carbocycles. The van der Waals surface area contributed by atoms with Crippen molar-refractivity contribution >= 4 is 11.9 Å². The number of ether oxygens (including phenoxy) is 1. The Balaban J connectivity index is 2.13. The van der Waals surface area contributed by atoms with Gasteiger partial charge in [0.15, 0.2) is 0 Å². The van der Waals surface area contributed by atoms with Crippen molar-refractivity contribution in [3.63, 3.8) is 0 Å². The van der Waals surface area contributed by atoms with Crippen molar-refractivity contribution in [2.24, 2.45) is 5.92 Å². The maximum atomic E-state index is 12.0. The fourth-order valence-corrected chi connectivity index (χ4v) is 2.76. The molecule has 4 nitrogen and oxygen atoms in total. The van der Waals surface area contributed by atoms with Gasteiger partial charge in [-0.05, 0) is 26.2 Å². The third-order valence-corrected chi connectivity index (χ3v) is 4.18. The highest BCUT2D eigenvalue weighted by Gasteiger charge is 2.24. The third kappa shape index (κ3) is 7.49. The van der Waals surface area contributed by atoms with Crippen LogP contribution in [0.4, 0.5) is 0 Å². The Morgan fingerprint density at radius 2 is 1.76 bits per heavy atom. The average molecular weight is 297 g/mol. The second-order valence-electron chi connectivity index (χ2n) is 6.15. The van der Waals surface area contributed by atoms with Crippen LogP contribution in [0.5, 0.6) is 0 Å². The van der Waals surface area contributed by atoms with Crippen LogP contribution in [-0.4, -0.2) is 24.5 Å². The number of nitrogens with one attached hydrogen (secondary N) is 1. The predicted molar refractivity (Wildman–Crippen MR) is 83.9 cm³/mol. The van der Waals surface area contributed by atoms with E-state index in [0.717, 1.165) is 38.5 Å². The minimum absolute atomic E-state index is 0.0158. The van der Waals surface area contributed by atoms with E-state index in [-0.39, 0.29) is 17.8 Å². The number of amides is 1. The summed E-state index contributed by atoms with van der Waals surface area (Å²) in [7, 11) is 0. The van der Waals surface area contributed by atoms with Crippen LogP contribution >= 0.6 is 0 Å². The Hall–Kier alpha value is -1.06. The minimum Gasteiger partial charge on any atom is -0.464 e. The van der Waals surface area contributed by atoms with Crippen LogP contribution in [0.2, 0.25) is 0 Å². The van der Waals surface area contributed by atoms with Gasteiger partial charge in [0.05, 0.1) is 6.61 Å². The lowest BCUT2D eigenvalue weighted by Gasteiger charge is -2.22. The summed E-state index contributed by atoms with van der Waals surface area (Å²) in [6, 6.07) is -0.532. The first-order valence-corrected chi connectivity index (χ1v) is 8.62. The van der Waals surface area contributed by atoms with Crippen molar-refractivity contribution in [2.45, 2.75) is 84.1 Å². The quantitative estimate of drug-likeness (QED) is 0.523. The van der Waals surface area contributed by atoms with E-state index in [0.29, 0.717) is 6.61 Å². The molecule has 1 saturated carbocycles. The van der Waals surface area contributed by atoms with Crippen molar-refractivity contribution in [3.05, 3.63) is 0 Å². The molecule has 1 aliphatic rings. The molecule has 0 heterocycles. The van der Waals surface area contributed by atoms with Crippen molar-refractivity contribution in [1.82, 2.24) is 5.32 Å². The topological polar surface area (TPSA) is 55.4 Å². The lowest BCUT2D eigenvalue weighted by molar-refractivity contribution is -0.148. The third-order valence-electron chi connectivity index (χ3n) is 4.18. The molecule has 0 aliphatic heterocycles. The molecule has 0 saturated heterocycles. The number of esters is 1. The fraction of sp³-hybridized carbons (Fsp3) is 0.882. The molecule has 1 unspecified atom stereocenters. The van der Waals surface area contributed by atoms with Gasteiger partial charge in [-0.15, -0.1) is 0 Å². The Kier molecular flexibility index (Phi) is 9.11. The second kappa shape index (κ2) is 10.6. The second-order valence-corrected chi connectivity index (χ2v) is 6.15. The molecular weight excluding hydrogens is 266 g/mol. The predicted octanol–water partition coefficient (Wildman–Crippen LogP) is 3.59. The molecule has 0 bridgehead atoms. The van der Waals surface area contributed by atoms with Gasteiger partial charge in [-0.1, -0.05) is 51.9 Å². The van der Waals surface area contributed by atoms with Crippen LogP contribution in [-0.2, 0) is 14.3 Å². The van der Waals surface area contributed by atoms with Crippen molar-refractivity contribution in [2.75, 3.05) is 6.61 Å². The van der Waals surface area contributed by atoms with Crippen molar-refractivity contribution in [3.8, 4) is 0 Å². The number of rotatable bonds is 9. The molecule has 1 atom stereocenters. The Morgan fingerprint density at radius 3 is 2.43 bits per heavy atom. The molecule has 4 heteroatoms. The Bertz CT molecular complexity index is 311. The lowest BCUT2D eigenvalue weighted by Crippen LogP contribution is -2.43. The Labute approximate surface area is 129 Å². The van der Waals surface area contributed by atoms with Gasteiger partial charge in [0.2, 0.25) is 5.91 Å². The lowest BCUT2D eigenvalue weighted by atomic mass is 9.88. The molecule has 0 aromatic heterocycles. The van der Waals surface area contributed by atoms with E-state index in [4.69, 9.17) is 4.74 Å². The van der Waals surface area contributed by atoms with E-state index in [1.807, 2.05) is 0 Å². The summed E-state index contributed by atoms with van der Waals surface area (Å²) in [5.74, 6) is -0.209. The van der Waals surface area contributed by atoms with E-state index in [2.05, 4.69) is 12.2 Å². The summed E-state index contributed by atoms with van der Waals surface area (Å²) in [6.07, 6.45) is 11.0. The van der Waals surface area contributed by atoms with E-state index in [9.17, 15) is 9.59 Å². The first kappa shape index (κ1) is 18.0. The summed E-state index contributed by atoms with van der Waals surface area (Å²) >= 11 is 0. The van der Waals surface area contributed by atoms with Crippen molar-refractivity contribution < 1.29 is 14.3 Å². The smallest absolute Gasteiger partial charge is 0.328 e. The molecule has 21 heavy (non-hydrogen) atoms. The van der Waals surface area contributed by atoms with E-state index in [1.54, 1.807) is 6.92 Å². The summed E-state index contributed by atoms with van der Waals surface area (Å²) in [6.45, 7) is 4.35. The number of hydrogen-bond acceptors (Lipinski definition) is 3. The molecule has 0 radical (unpaired) electrons. The van der Waals surface area contributed by atoms with Gasteiger partial charge in [0, 0.05) is 5.92 Å². The van der Waals surface area contributed by atoms with Crippen LogP contribution in [0.25, 0.3) is 0 Å². The first-order valence-electron chi connectivity index (χ1n) is 8.62. The van der Waals surface area contributed by atoms with E-state index >= 15 is 0 Å². The summed E-state index contributed by atoms with van der Waals surface area (Å²) < 4.78 is 5.22. The van der Waals surface area contributed by atoms with Gasteiger partial charge in [0.1, 0.15) is 6.04 Å². The standard InChI is InChI=1S/C17H31NO3/c1-3-4-5-6-10-13-21-17(20)14(2)18-16(19)15-11-8-7-9-12-15/h14-15H,3-13H2,1-2H3,(H,18,19). The van der Waals surface area contributed by atoms with Crippen LogP contribution in [0.15, 0.2) is 0 Å². The van der Waals surface area contributed by atoms with Gasteiger partial charge in [-0.3, -0.25) is 4.79 Å². The monoisotopic (exact) mass is 297 g/mol. The van der Waals surface area contributed by atoms with Crippen LogP contribution < -0.4 is 5.32 Å². The molecular formula is C17H31NO3. The molecule has 1 aliphatic carbocycles. The molecule has 0 aromatic rings. The molecule has 122 valence electrons. The van der Waals surface area contributed by atoms with Crippen LogP contribution in [0, 0.1) is 5.92 Å². The summed E-state index contributed by atoms with van der Waals surface area (Å²) in [5.41, 5.74) is 0. The largest absolute Gasteiger partial charge is 0.464 e. The average Bonchev–Trinajstić information content (AvgIpc) is 2.51. The molecule has 1 fully saturated rings. The molecule has 1 amide bonds. The highest BCUT2D eigenvalue weighted by molar-refractivity contribution is 5.85. The molecule has 1 N–H and O–H groups in total. The number of carbonyl (C=O) groups excluding carboxylic acids is 2. The zero-order chi connectivity index (χ0) is 15.5. The minimum atomic E-state index is -0.532. The first-order chi connectivity index (χ1) is 10.1. The van der Waals surface area contributed by atoms with Gasteiger partial charge >= 0.3 is 5.97 Å². The van der Waals surface area contributed by atoms with Gasteiger partial charge in [-0.25, -0.2) is 4.79 Å². The number of unbranched alkanes of at least 4 members (excludes halogenated alkanes) is 4. The fourth-order valence-electron chi connectivity index (χ4n) is 2.76. The Morgan fingerprint density at radius 1 is 1.10 bits per heavy atom. The molecule has 0 spiro atoms. The maximum Gasteiger partial charge on any atom is 0.328 e. The van der Waals surface area contributed by atoms with Crippen molar-refractivity contribution in [1.29, 1.82) is 0 Å². The summed E-state index contributed by atoms with van der Waals surface area (Å²) in [4.78, 5) is 23.9. The van der Waals surface area contributed by atoms with Crippen LogP contribution in [0.1, 0.15) is 78.1 Å². The van der Waals surface area contributed by atoms with E-state index in [1.165, 1.54) is 25.7 Å². The summed E-state index contributed by atoms with van der Waals surface area (Å²) in [5, 5.41) is 2.80.